The topological polar surface area (TPSA) is 78.3 Å². The van der Waals surface area contributed by atoms with Gasteiger partial charge in [0, 0.05) is 28.9 Å². The largest absolute Gasteiger partial charge is 0.505 e. The van der Waals surface area contributed by atoms with E-state index in [1.165, 1.54) is 18.3 Å². The van der Waals surface area contributed by atoms with Crippen LogP contribution in [0.4, 0.5) is 10.2 Å². The first-order chi connectivity index (χ1) is 13.1. The van der Waals surface area contributed by atoms with Crippen LogP contribution in [0.3, 0.4) is 0 Å². The van der Waals surface area contributed by atoms with E-state index in [0.717, 1.165) is 5.39 Å². The number of phenolic OH excluding ortho intramolecular Hbond substituents is 1. The van der Waals surface area contributed by atoms with Gasteiger partial charge in [0.2, 0.25) is 0 Å². The second kappa shape index (κ2) is 6.92. The fraction of sp³-hybridized carbons (Fsp3) is 0.0476. The maximum atomic E-state index is 14.6. The van der Waals surface area contributed by atoms with Crippen molar-refractivity contribution in [2.24, 2.45) is 0 Å². The summed E-state index contributed by atoms with van der Waals surface area (Å²) in [4.78, 5) is 8.34. The second-order valence-corrected chi connectivity index (χ2v) is 6.05. The molecule has 4 aromatic rings. The van der Waals surface area contributed by atoms with E-state index in [4.69, 9.17) is 0 Å². The minimum absolute atomic E-state index is 0.0516. The molecular formula is C21H16FN3O2. The molecule has 0 aliphatic heterocycles. The number of halogens is 1. The van der Waals surface area contributed by atoms with Gasteiger partial charge in [-0.1, -0.05) is 36.4 Å². The molecule has 0 bridgehead atoms. The predicted octanol–water partition coefficient (Wildman–Crippen LogP) is 4.38. The molecule has 4 rings (SSSR count). The maximum Gasteiger partial charge on any atom is 0.169 e. The van der Waals surface area contributed by atoms with Crippen LogP contribution in [0.25, 0.3) is 10.9 Å². The second-order valence-electron chi connectivity index (χ2n) is 6.05. The van der Waals surface area contributed by atoms with E-state index in [1.807, 2.05) is 12.1 Å². The minimum atomic E-state index is -0.779. The Hall–Kier alpha value is -3.67. The third-order valence-electron chi connectivity index (χ3n) is 4.37. The molecule has 0 radical (unpaired) electrons. The average Bonchev–Trinajstić information content (AvgIpc) is 2.69. The molecule has 1 unspecified atom stereocenters. The Morgan fingerprint density at radius 1 is 0.815 bits per heavy atom. The summed E-state index contributed by atoms with van der Waals surface area (Å²) < 4.78 is 14.6. The van der Waals surface area contributed by atoms with E-state index in [2.05, 4.69) is 15.3 Å². The number of fused-ring (bicyclic) bond motifs is 1. The van der Waals surface area contributed by atoms with Crippen LogP contribution in [-0.2, 0) is 0 Å². The number of anilines is 1. The molecule has 3 N–H and O–H groups in total. The molecule has 134 valence electrons. The molecule has 27 heavy (non-hydrogen) atoms. The third kappa shape index (κ3) is 3.13. The molecule has 6 heteroatoms. The van der Waals surface area contributed by atoms with Gasteiger partial charge in [-0.15, -0.1) is 0 Å². The van der Waals surface area contributed by atoms with E-state index >= 15 is 0 Å². The van der Waals surface area contributed by atoms with Crippen LogP contribution in [0.2, 0.25) is 0 Å². The van der Waals surface area contributed by atoms with Crippen molar-refractivity contribution in [2.75, 3.05) is 5.32 Å². The molecule has 2 heterocycles. The number of hydrogen-bond acceptors (Lipinski definition) is 5. The number of pyridine rings is 2. The highest BCUT2D eigenvalue weighted by atomic mass is 19.1. The van der Waals surface area contributed by atoms with Crippen LogP contribution in [0.5, 0.6) is 11.5 Å². The highest BCUT2D eigenvalue weighted by Crippen LogP contribution is 2.38. The summed E-state index contributed by atoms with van der Waals surface area (Å²) in [5.41, 5.74) is 1.16. The van der Waals surface area contributed by atoms with Crippen LogP contribution in [0.15, 0.2) is 73.1 Å². The van der Waals surface area contributed by atoms with Crippen molar-refractivity contribution >= 4 is 16.7 Å². The van der Waals surface area contributed by atoms with Gasteiger partial charge in [-0.2, -0.15) is 0 Å². The van der Waals surface area contributed by atoms with Crippen LogP contribution < -0.4 is 5.32 Å². The Kier molecular flexibility index (Phi) is 4.30. The normalized spacial score (nSPS) is 12.0. The molecule has 0 amide bonds. The predicted molar refractivity (Wildman–Crippen MR) is 101 cm³/mol. The SMILES string of the molecule is Oc1cccnc1NC(c1ccccc1F)c1ccc2cccnc2c1O. The molecule has 0 aliphatic carbocycles. The van der Waals surface area contributed by atoms with E-state index in [0.29, 0.717) is 16.6 Å². The first-order valence-electron chi connectivity index (χ1n) is 8.36. The summed E-state index contributed by atoms with van der Waals surface area (Å²) in [5.74, 6) is -0.376. The Labute approximate surface area is 154 Å². The molecule has 0 saturated heterocycles. The number of aromatic nitrogens is 2. The lowest BCUT2D eigenvalue weighted by Gasteiger charge is -2.22. The van der Waals surface area contributed by atoms with Crippen molar-refractivity contribution in [3.63, 3.8) is 0 Å². The van der Waals surface area contributed by atoms with E-state index in [-0.39, 0.29) is 17.3 Å². The minimum Gasteiger partial charge on any atom is -0.505 e. The molecule has 1 atom stereocenters. The molecule has 0 aliphatic rings. The van der Waals surface area contributed by atoms with Gasteiger partial charge in [0.05, 0.1) is 6.04 Å². The van der Waals surface area contributed by atoms with Crippen LogP contribution in [0, 0.1) is 5.82 Å². The van der Waals surface area contributed by atoms with Crippen LogP contribution in [-0.4, -0.2) is 20.2 Å². The van der Waals surface area contributed by atoms with Gasteiger partial charge in [0.25, 0.3) is 0 Å². The lowest BCUT2D eigenvalue weighted by Crippen LogP contribution is -2.15. The Balaban J connectivity index is 1.89. The van der Waals surface area contributed by atoms with Crippen molar-refractivity contribution in [3.8, 4) is 11.5 Å². The zero-order valence-corrected chi connectivity index (χ0v) is 14.2. The molecule has 0 fully saturated rings. The highest BCUT2D eigenvalue weighted by molar-refractivity contribution is 5.86. The molecule has 5 nitrogen and oxygen atoms in total. The zero-order valence-electron chi connectivity index (χ0n) is 14.2. The monoisotopic (exact) mass is 361 g/mol. The fourth-order valence-electron chi connectivity index (χ4n) is 3.06. The Bertz CT molecular complexity index is 1120. The molecular weight excluding hydrogens is 345 g/mol. The van der Waals surface area contributed by atoms with Crippen molar-refractivity contribution in [1.82, 2.24) is 9.97 Å². The molecule has 0 saturated carbocycles. The smallest absolute Gasteiger partial charge is 0.169 e. The number of rotatable bonds is 4. The van der Waals surface area contributed by atoms with Crippen molar-refractivity contribution < 1.29 is 14.6 Å². The number of nitrogens with one attached hydrogen (secondary N) is 1. The zero-order chi connectivity index (χ0) is 18.8. The van der Waals surface area contributed by atoms with Gasteiger partial charge < -0.3 is 15.5 Å². The molecule has 0 spiro atoms. The van der Waals surface area contributed by atoms with Crippen molar-refractivity contribution in [1.29, 1.82) is 0 Å². The van der Waals surface area contributed by atoms with E-state index in [1.54, 1.807) is 42.6 Å². The number of phenols is 1. The highest BCUT2D eigenvalue weighted by Gasteiger charge is 2.23. The van der Waals surface area contributed by atoms with Gasteiger partial charge in [-0.05, 0) is 24.3 Å². The molecule has 2 aromatic carbocycles. The number of hydrogen-bond donors (Lipinski definition) is 3. The standard InChI is InChI=1S/C21H16FN3O2/c22-16-7-2-1-6-14(16)19(25-21-17(26)8-4-12-24-21)15-10-9-13-5-3-11-23-18(13)20(15)27/h1-12,19,26-27H,(H,24,25). The molecule has 2 aromatic heterocycles. The van der Waals surface area contributed by atoms with E-state index in [9.17, 15) is 14.6 Å². The summed E-state index contributed by atoms with van der Waals surface area (Å²) in [6, 6.07) is 15.7. The van der Waals surface area contributed by atoms with Gasteiger partial charge in [-0.3, -0.25) is 4.98 Å². The van der Waals surface area contributed by atoms with Gasteiger partial charge >= 0.3 is 0 Å². The summed E-state index contributed by atoms with van der Waals surface area (Å²) >= 11 is 0. The lowest BCUT2D eigenvalue weighted by molar-refractivity contribution is 0.467. The van der Waals surface area contributed by atoms with Gasteiger partial charge in [0.1, 0.15) is 17.1 Å². The quantitative estimate of drug-likeness (QED) is 0.503. The Morgan fingerprint density at radius 2 is 1.59 bits per heavy atom. The number of nitrogens with zero attached hydrogens (tertiary/aromatic N) is 2. The lowest BCUT2D eigenvalue weighted by atomic mass is 9.95. The van der Waals surface area contributed by atoms with Crippen molar-refractivity contribution in [2.45, 2.75) is 6.04 Å². The average molecular weight is 361 g/mol. The first-order valence-corrected chi connectivity index (χ1v) is 8.36. The number of benzene rings is 2. The van der Waals surface area contributed by atoms with E-state index < -0.39 is 11.9 Å². The Morgan fingerprint density at radius 3 is 2.41 bits per heavy atom. The first kappa shape index (κ1) is 16.8. The summed E-state index contributed by atoms with van der Waals surface area (Å²) in [7, 11) is 0. The fourth-order valence-corrected chi connectivity index (χ4v) is 3.06. The summed E-state index contributed by atoms with van der Waals surface area (Å²) in [6.45, 7) is 0. The maximum absolute atomic E-state index is 14.6. The van der Waals surface area contributed by atoms with Crippen molar-refractivity contribution in [3.05, 3.63) is 90.0 Å². The van der Waals surface area contributed by atoms with Gasteiger partial charge in [-0.25, -0.2) is 9.37 Å². The van der Waals surface area contributed by atoms with Crippen LogP contribution in [0.1, 0.15) is 17.2 Å². The van der Waals surface area contributed by atoms with Crippen LogP contribution >= 0.6 is 0 Å². The third-order valence-corrected chi connectivity index (χ3v) is 4.37. The summed E-state index contributed by atoms with van der Waals surface area (Å²) in [6.07, 6.45) is 3.10. The van der Waals surface area contributed by atoms with Gasteiger partial charge in [0.15, 0.2) is 11.6 Å². The number of aromatic hydroxyl groups is 2. The summed E-state index contributed by atoms with van der Waals surface area (Å²) in [5, 5.41) is 24.7.